The monoisotopic (exact) mass is 742 g/mol. The largest absolute Gasteiger partial charge is 0.507 e. The maximum absolute atomic E-state index is 13.4. The third-order valence-electron chi connectivity index (χ3n) is 8.76. The van der Waals surface area contributed by atoms with Crippen molar-refractivity contribution in [1.29, 1.82) is 0 Å². The molecule has 0 radical (unpaired) electrons. The van der Waals surface area contributed by atoms with Gasteiger partial charge in [0.05, 0.1) is 12.2 Å². The number of phenolic OH excluding ortho intramolecular Hbond substituents is 2. The Balaban J connectivity index is 1.24. The number of aromatic hydroxyl groups is 2. The molecule has 2 N–H and O–H groups in total. The van der Waals surface area contributed by atoms with Gasteiger partial charge in [-0.25, -0.2) is 4.79 Å². The first-order valence-corrected chi connectivity index (χ1v) is 18.5. The molecule has 0 aromatic heterocycles. The number of carbonyl (C=O) groups excluding carboxylic acids is 1. The van der Waals surface area contributed by atoms with Crippen molar-refractivity contribution in [3.63, 3.8) is 0 Å². The zero-order chi connectivity index (χ0) is 32.0. The van der Waals surface area contributed by atoms with Gasteiger partial charge in [0.1, 0.15) is 31.9 Å². The molecule has 0 fully saturated rings. The van der Waals surface area contributed by atoms with E-state index in [1.807, 2.05) is 30.3 Å². The molecule has 5 nitrogen and oxygen atoms in total. The summed E-state index contributed by atoms with van der Waals surface area (Å²) in [5.41, 5.74) is 2.85. The summed E-state index contributed by atoms with van der Waals surface area (Å²) in [7, 11) is 0. The fourth-order valence-electron chi connectivity index (χ4n) is 6.22. The molecule has 0 atom stereocenters. The quantitative estimate of drug-likeness (QED) is 0.0738. The van der Waals surface area contributed by atoms with E-state index in [0.717, 1.165) is 29.5 Å². The Morgan fingerprint density at radius 3 is 1.58 bits per heavy atom. The van der Waals surface area contributed by atoms with Crippen molar-refractivity contribution in [2.24, 2.45) is 0 Å². The van der Waals surface area contributed by atoms with Crippen LogP contribution in [0.3, 0.4) is 0 Å². The van der Waals surface area contributed by atoms with Crippen LogP contribution in [0.5, 0.6) is 23.0 Å². The van der Waals surface area contributed by atoms with Crippen LogP contribution in [0.2, 0.25) is 0 Å². The number of hydrogen-bond acceptors (Lipinski definition) is 5. The van der Waals surface area contributed by atoms with E-state index in [-0.39, 0.29) is 23.4 Å². The minimum absolute atomic E-state index is 0.0405. The van der Waals surface area contributed by atoms with Gasteiger partial charge in [0.2, 0.25) is 0 Å². The van der Waals surface area contributed by atoms with Gasteiger partial charge in [-0.3, -0.25) is 0 Å². The van der Waals surface area contributed by atoms with Crippen molar-refractivity contribution in [1.82, 2.24) is 0 Å². The van der Waals surface area contributed by atoms with E-state index >= 15 is 0 Å². The van der Waals surface area contributed by atoms with E-state index < -0.39 is 0 Å². The van der Waals surface area contributed by atoms with Crippen LogP contribution in [0.4, 0.5) is 0 Å². The van der Waals surface area contributed by atoms with Crippen LogP contribution in [0, 0.1) is 0 Å². The average molecular weight is 745 g/mol. The summed E-state index contributed by atoms with van der Waals surface area (Å²) < 4.78 is 12.8. The van der Waals surface area contributed by atoms with Gasteiger partial charge in [0.15, 0.2) is 0 Å². The van der Waals surface area contributed by atoms with Gasteiger partial charge in [-0.2, -0.15) is 0 Å². The second kappa shape index (κ2) is 18.6. The van der Waals surface area contributed by atoms with Crippen molar-refractivity contribution >= 4 is 37.8 Å². The highest BCUT2D eigenvalue weighted by molar-refractivity contribution is 9.11. The van der Waals surface area contributed by atoms with Crippen molar-refractivity contribution < 1.29 is 24.5 Å². The first kappa shape index (κ1) is 35.3. The second-order valence-electron chi connectivity index (χ2n) is 12.2. The third-order valence-corrected chi connectivity index (χ3v) is 10.3. The lowest BCUT2D eigenvalue weighted by Crippen LogP contribution is -2.17. The van der Waals surface area contributed by atoms with Crippen LogP contribution in [-0.2, 0) is 4.74 Å². The Labute approximate surface area is 286 Å². The average Bonchev–Trinajstić information content (AvgIpc) is 3.05. The summed E-state index contributed by atoms with van der Waals surface area (Å²) in [6.45, 7) is 2.67. The SMILES string of the molecule is CCCCCCCCCCCCCCCCCCOC(=O)c1ccccc1C1c2ccc(O)c(Br)c2Oc2c1ccc(O)c2Br. The fraction of sp³-hybridized carbons (Fsp3) is 0.500. The minimum atomic E-state index is -0.378. The van der Waals surface area contributed by atoms with Crippen LogP contribution >= 0.6 is 31.9 Å². The number of unbranched alkanes of at least 4 members (excludes halogenated alkanes) is 15. The Morgan fingerprint density at radius 1 is 0.644 bits per heavy atom. The Bertz CT molecular complexity index is 1330. The molecule has 3 aromatic carbocycles. The summed E-state index contributed by atoms with van der Waals surface area (Å²) >= 11 is 6.91. The number of halogens is 2. The van der Waals surface area contributed by atoms with Crippen molar-refractivity contribution in [2.75, 3.05) is 6.61 Å². The molecule has 0 saturated heterocycles. The van der Waals surface area contributed by atoms with Gasteiger partial charge in [0.25, 0.3) is 0 Å². The van der Waals surface area contributed by atoms with Gasteiger partial charge >= 0.3 is 5.97 Å². The summed E-state index contributed by atoms with van der Waals surface area (Å²) in [6.07, 6.45) is 20.8. The Hall–Kier alpha value is -2.51. The number of hydrogen-bond donors (Lipinski definition) is 2. The van der Waals surface area contributed by atoms with Gasteiger partial charge < -0.3 is 19.7 Å². The first-order valence-electron chi connectivity index (χ1n) is 16.9. The molecule has 244 valence electrons. The normalized spacial score (nSPS) is 12.4. The topological polar surface area (TPSA) is 76.0 Å². The summed E-state index contributed by atoms with van der Waals surface area (Å²) in [6, 6.07) is 14.3. The molecule has 1 aliphatic rings. The highest BCUT2D eigenvalue weighted by Crippen LogP contribution is 2.55. The van der Waals surface area contributed by atoms with Crippen molar-refractivity contribution in [2.45, 2.75) is 116 Å². The molecule has 3 aromatic rings. The Kier molecular flexibility index (Phi) is 14.6. The fourth-order valence-corrected chi connectivity index (χ4v) is 7.10. The van der Waals surface area contributed by atoms with E-state index in [1.54, 1.807) is 18.2 Å². The van der Waals surface area contributed by atoms with Crippen LogP contribution in [0.1, 0.15) is 143 Å². The number of carbonyl (C=O) groups is 1. The maximum atomic E-state index is 13.4. The molecule has 0 bridgehead atoms. The zero-order valence-electron chi connectivity index (χ0n) is 26.6. The van der Waals surface area contributed by atoms with Gasteiger partial charge in [0, 0.05) is 17.0 Å². The second-order valence-corrected chi connectivity index (χ2v) is 13.8. The van der Waals surface area contributed by atoms with E-state index in [9.17, 15) is 15.0 Å². The third kappa shape index (κ3) is 9.74. The highest BCUT2D eigenvalue weighted by atomic mass is 79.9. The number of benzene rings is 3. The summed E-state index contributed by atoms with van der Waals surface area (Å²) in [4.78, 5) is 13.4. The molecule has 0 unspecified atom stereocenters. The van der Waals surface area contributed by atoms with Crippen LogP contribution in [0.15, 0.2) is 57.5 Å². The number of rotatable bonds is 19. The molecule has 45 heavy (non-hydrogen) atoms. The highest BCUT2D eigenvalue weighted by Gasteiger charge is 2.35. The van der Waals surface area contributed by atoms with Crippen LogP contribution < -0.4 is 4.74 Å². The molecule has 1 aliphatic heterocycles. The lowest BCUT2D eigenvalue weighted by Gasteiger charge is -2.31. The summed E-state index contributed by atoms with van der Waals surface area (Å²) in [5, 5.41) is 20.7. The van der Waals surface area contributed by atoms with E-state index in [2.05, 4.69) is 38.8 Å². The smallest absolute Gasteiger partial charge is 0.338 e. The van der Waals surface area contributed by atoms with Gasteiger partial charge in [-0.1, -0.05) is 134 Å². The molecule has 4 rings (SSSR count). The molecular weight excluding hydrogens is 696 g/mol. The van der Waals surface area contributed by atoms with Crippen molar-refractivity contribution in [3.05, 3.63) is 79.7 Å². The maximum Gasteiger partial charge on any atom is 0.338 e. The number of fused-ring (bicyclic) bond motifs is 2. The summed E-state index contributed by atoms with van der Waals surface area (Å²) in [5.74, 6) is 0.233. The molecule has 1 heterocycles. The minimum Gasteiger partial charge on any atom is -0.507 e. The van der Waals surface area contributed by atoms with Crippen molar-refractivity contribution in [3.8, 4) is 23.0 Å². The molecule has 0 spiro atoms. The van der Waals surface area contributed by atoms with Gasteiger partial charge in [-0.05, 0) is 62.0 Å². The predicted octanol–water partition coefficient (Wildman–Crippen LogP) is 12.3. The van der Waals surface area contributed by atoms with Crippen LogP contribution in [0.25, 0.3) is 0 Å². The molecule has 0 aliphatic carbocycles. The van der Waals surface area contributed by atoms with E-state index in [1.165, 1.54) is 89.9 Å². The van der Waals surface area contributed by atoms with E-state index in [4.69, 9.17) is 9.47 Å². The Morgan fingerprint density at radius 2 is 1.09 bits per heavy atom. The molecule has 0 saturated carbocycles. The number of phenols is 2. The standard InChI is InChI=1S/C38H48Br2O5/c1-2-3-4-5-6-7-8-9-10-11-12-13-14-15-16-19-26-44-38(43)28-21-18-17-20-27(28)33-29-22-24-31(41)34(39)36(29)45-37-30(33)23-25-32(42)35(37)40/h17-18,20-25,33,41-42H,2-16,19,26H2,1H3. The van der Waals surface area contributed by atoms with Gasteiger partial charge in [-0.15, -0.1) is 0 Å². The zero-order valence-corrected chi connectivity index (χ0v) is 29.8. The molecule has 0 amide bonds. The molecular formula is C38H48Br2O5. The van der Waals surface area contributed by atoms with Crippen LogP contribution in [-0.4, -0.2) is 22.8 Å². The number of esters is 1. The predicted molar refractivity (Wildman–Crippen MR) is 189 cm³/mol. The lowest BCUT2D eigenvalue weighted by molar-refractivity contribution is 0.0496. The lowest BCUT2D eigenvalue weighted by atomic mass is 9.80. The molecule has 7 heteroatoms. The number of ether oxygens (including phenoxy) is 2. The first-order chi connectivity index (χ1) is 21.9. The van der Waals surface area contributed by atoms with E-state index in [0.29, 0.717) is 32.6 Å².